The molecular formula is C27H23ClN2O4. The molecule has 0 fully saturated rings. The van der Waals surface area contributed by atoms with Gasteiger partial charge in [-0.2, -0.15) is 5.10 Å². The first-order valence-electron chi connectivity index (χ1n) is 10.7. The Morgan fingerprint density at radius 2 is 1.71 bits per heavy atom. The van der Waals surface area contributed by atoms with Crippen molar-refractivity contribution >= 4 is 34.5 Å². The minimum absolute atomic E-state index is 0.106. The first kappa shape index (κ1) is 23.1. The van der Waals surface area contributed by atoms with Crippen LogP contribution in [-0.4, -0.2) is 23.8 Å². The van der Waals surface area contributed by atoms with E-state index in [9.17, 15) is 9.90 Å². The number of hydrazone groups is 1. The first-order valence-corrected chi connectivity index (χ1v) is 11.1. The number of nitrogens with zero attached hydrogens (tertiary/aromatic N) is 1. The van der Waals surface area contributed by atoms with Gasteiger partial charge in [0.2, 0.25) is 0 Å². The molecule has 6 nitrogen and oxygen atoms in total. The minimum Gasteiger partial charge on any atom is -0.507 e. The van der Waals surface area contributed by atoms with Gasteiger partial charge >= 0.3 is 0 Å². The second-order valence-electron chi connectivity index (χ2n) is 7.43. The second kappa shape index (κ2) is 10.7. The molecule has 0 aliphatic heterocycles. The van der Waals surface area contributed by atoms with E-state index in [4.69, 9.17) is 21.1 Å². The number of carbonyl (C=O) groups excluding carboxylic acids is 1. The van der Waals surface area contributed by atoms with Crippen LogP contribution in [0.15, 0.2) is 84.0 Å². The van der Waals surface area contributed by atoms with Crippen LogP contribution in [0.3, 0.4) is 0 Å². The zero-order valence-corrected chi connectivity index (χ0v) is 19.3. The molecular weight excluding hydrogens is 452 g/mol. The molecule has 0 saturated heterocycles. The van der Waals surface area contributed by atoms with Gasteiger partial charge in [-0.1, -0.05) is 54.1 Å². The van der Waals surface area contributed by atoms with Gasteiger partial charge < -0.3 is 14.6 Å². The van der Waals surface area contributed by atoms with E-state index in [1.54, 1.807) is 30.3 Å². The molecule has 0 heterocycles. The van der Waals surface area contributed by atoms with E-state index >= 15 is 0 Å². The lowest BCUT2D eigenvalue weighted by atomic mass is 10.1. The third-order valence-electron chi connectivity index (χ3n) is 5.10. The van der Waals surface area contributed by atoms with Crippen molar-refractivity contribution in [2.75, 3.05) is 6.61 Å². The molecule has 0 bridgehead atoms. The summed E-state index contributed by atoms with van der Waals surface area (Å²) in [5, 5.41) is 16.6. The summed E-state index contributed by atoms with van der Waals surface area (Å²) in [6.07, 6.45) is 1.50. The van der Waals surface area contributed by atoms with Gasteiger partial charge in [0.15, 0.2) is 11.5 Å². The fourth-order valence-corrected chi connectivity index (χ4v) is 3.59. The average Bonchev–Trinajstić information content (AvgIpc) is 2.84. The highest BCUT2D eigenvalue weighted by molar-refractivity contribution is 6.31. The number of phenolic OH excluding ortho intramolecular Hbond substituents is 1. The van der Waals surface area contributed by atoms with E-state index in [1.807, 2.05) is 55.5 Å². The summed E-state index contributed by atoms with van der Waals surface area (Å²) in [5.41, 5.74) is 4.18. The van der Waals surface area contributed by atoms with Gasteiger partial charge in [-0.05, 0) is 59.7 Å². The van der Waals surface area contributed by atoms with E-state index in [2.05, 4.69) is 10.5 Å². The Hall–Kier alpha value is -4.03. The maximum atomic E-state index is 12.5. The van der Waals surface area contributed by atoms with Crippen molar-refractivity contribution in [3.8, 4) is 17.2 Å². The predicted molar refractivity (Wildman–Crippen MR) is 134 cm³/mol. The normalized spacial score (nSPS) is 11.0. The molecule has 4 aromatic carbocycles. The summed E-state index contributed by atoms with van der Waals surface area (Å²) in [6.45, 7) is 2.65. The molecule has 0 spiro atoms. The van der Waals surface area contributed by atoms with Crippen LogP contribution in [0.2, 0.25) is 5.02 Å². The summed E-state index contributed by atoms with van der Waals surface area (Å²) in [5.74, 6) is 0.510. The standard InChI is InChI=1S/C27H23ClN2O4/c1-2-33-26-13-18(11-12-25(26)34-17-21-9-5-6-10-23(21)28)16-29-30-27(32)22-14-19-7-3-4-8-20(19)15-24(22)31/h3-16,31H,2,17H2,1H3,(H,30,32)/b29-16+. The van der Waals surface area contributed by atoms with Crippen molar-refractivity contribution in [3.05, 3.63) is 101 Å². The van der Waals surface area contributed by atoms with Crippen LogP contribution in [0.25, 0.3) is 10.8 Å². The number of ether oxygens (including phenoxy) is 2. The molecule has 0 radical (unpaired) electrons. The Morgan fingerprint density at radius 1 is 0.971 bits per heavy atom. The largest absolute Gasteiger partial charge is 0.507 e. The Kier molecular flexibility index (Phi) is 7.30. The van der Waals surface area contributed by atoms with Gasteiger partial charge in [0.25, 0.3) is 5.91 Å². The van der Waals surface area contributed by atoms with Crippen molar-refractivity contribution in [2.24, 2.45) is 5.10 Å². The Morgan fingerprint density at radius 3 is 2.47 bits per heavy atom. The number of nitrogens with one attached hydrogen (secondary N) is 1. The number of phenols is 1. The maximum absolute atomic E-state index is 12.5. The SMILES string of the molecule is CCOc1cc(/C=N/NC(=O)c2cc3ccccc3cc2O)ccc1OCc1ccccc1Cl. The lowest BCUT2D eigenvalue weighted by molar-refractivity contribution is 0.0952. The van der Waals surface area contributed by atoms with Crippen LogP contribution >= 0.6 is 11.6 Å². The molecule has 7 heteroatoms. The maximum Gasteiger partial charge on any atom is 0.275 e. The van der Waals surface area contributed by atoms with Crippen LogP contribution in [0.5, 0.6) is 17.2 Å². The van der Waals surface area contributed by atoms with E-state index in [1.165, 1.54) is 6.21 Å². The smallest absolute Gasteiger partial charge is 0.275 e. The first-order chi connectivity index (χ1) is 16.5. The molecule has 0 atom stereocenters. The number of benzene rings is 4. The van der Waals surface area contributed by atoms with Crippen molar-refractivity contribution in [1.29, 1.82) is 0 Å². The predicted octanol–water partition coefficient (Wildman–Crippen LogP) is 5.94. The number of halogens is 1. The van der Waals surface area contributed by atoms with Crippen molar-refractivity contribution < 1.29 is 19.4 Å². The van der Waals surface area contributed by atoms with Crippen LogP contribution in [0, 0.1) is 0 Å². The summed E-state index contributed by atoms with van der Waals surface area (Å²) >= 11 is 6.20. The van der Waals surface area contributed by atoms with E-state index in [-0.39, 0.29) is 11.3 Å². The molecule has 2 N–H and O–H groups in total. The second-order valence-corrected chi connectivity index (χ2v) is 7.84. The monoisotopic (exact) mass is 474 g/mol. The van der Waals surface area contributed by atoms with Gasteiger partial charge in [-0.25, -0.2) is 5.43 Å². The molecule has 4 aromatic rings. The zero-order chi connectivity index (χ0) is 23.9. The van der Waals surface area contributed by atoms with Gasteiger partial charge in [-0.15, -0.1) is 0 Å². The van der Waals surface area contributed by atoms with Gasteiger partial charge in [0, 0.05) is 10.6 Å². The number of amides is 1. The number of carbonyl (C=O) groups is 1. The van der Waals surface area contributed by atoms with E-state index in [0.717, 1.165) is 16.3 Å². The van der Waals surface area contributed by atoms with Crippen molar-refractivity contribution in [1.82, 2.24) is 5.43 Å². The van der Waals surface area contributed by atoms with Crippen molar-refractivity contribution in [3.63, 3.8) is 0 Å². The van der Waals surface area contributed by atoms with E-state index < -0.39 is 5.91 Å². The van der Waals surface area contributed by atoms with E-state index in [0.29, 0.717) is 35.3 Å². The molecule has 0 saturated carbocycles. The lowest BCUT2D eigenvalue weighted by Crippen LogP contribution is -2.17. The van der Waals surface area contributed by atoms with Crippen LogP contribution in [-0.2, 0) is 6.61 Å². The Balaban J connectivity index is 1.45. The Bertz CT molecular complexity index is 1350. The van der Waals surface area contributed by atoms with Crippen LogP contribution < -0.4 is 14.9 Å². The fourth-order valence-electron chi connectivity index (χ4n) is 3.40. The highest BCUT2D eigenvalue weighted by Crippen LogP contribution is 2.30. The zero-order valence-electron chi connectivity index (χ0n) is 18.5. The number of hydrogen-bond donors (Lipinski definition) is 2. The average molecular weight is 475 g/mol. The summed E-state index contributed by atoms with van der Waals surface area (Å²) in [4.78, 5) is 12.5. The molecule has 172 valence electrons. The lowest BCUT2D eigenvalue weighted by Gasteiger charge is -2.13. The van der Waals surface area contributed by atoms with Crippen molar-refractivity contribution in [2.45, 2.75) is 13.5 Å². The number of fused-ring (bicyclic) bond motifs is 1. The number of aromatic hydroxyl groups is 1. The molecule has 0 unspecified atom stereocenters. The number of hydrogen-bond acceptors (Lipinski definition) is 5. The molecule has 34 heavy (non-hydrogen) atoms. The topological polar surface area (TPSA) is 80.2 Å². The van der Waals surface area contributed by atoms with Crippen LogP contribution in [0.4, 0.5) is 0 Å². The molecule has 0 aliphatic carbocycles. The summed E-state index contributed by atoms with van der Waals surface area (Å²) < 4.78 is 11.6. The molecule has 0 aromatic heterocycles. The summed E-state index contributed by atoms with van der Waals surface area (Å²) in [6, 6.07) is 23.5. The minimum atomic E-state index is -0.510. The van der Waals surface area contributed by atoms with Crippen LogP contribution in [0.1, 0.15) is 28.4 Å². The van der Waals surface area contributed by atoms with Gasteiger partial charge in [0.05, 0.1) is 18.4 Å². The molecule has 1 amide bonds. The van der Waals surface area contributed by atoms with Gasteiger partial charge in [0.1, 0.15) is 12.4 Å². The Labute approximate surface area is 202 Å². The number of rotatable bonds is 8. The summed E-state index contributed by atoms with van der Waals surface area (Å²) in [7, 11) is 0. The third-order valence-corrected chi connectivity index (χ3v) is 5.47. The quantitative estimate of drug-likeness (QED) is 0.244. The third kappa shape index (κ3) is 5.47. The highest BCUT2D eigenvalue weighted by Gasteiger charge is 2.12. The molecule has 0 aliphatic rings. The van der Waals surface area contributed by atoms with Gasteiger partial charge in [-0.3, -0.25) is 4.79 Å². The fraction of sp³-hybridized carbons (Fsp3) is 0.111. The highest BCUT2D eigenvalue weighted by atomic mass is 35.5. The molecule has 4 rings (SSSR count).